The van der Waals surface area contributed by atoms with Crippen molar-refractivity contribution in [2.24, 2.45) is 0 Å². The summed E-state index contributed by atoms with van der Waals surface area (Å²) in [6.07, 6.45) is 3.35. The predicted molar refractivity (Wildman–Crippen MR) is 132 cm³/mol. The zero-order valence-corrected chi connectivity index (χ0v) is 18.7. The van der Waals surface area contributed by atoms with Gasteiger partial charge in [-0.15, -0.1) is 0 Å². The fourth-order valence-corrected chi connectivity index (χ4v) is 3.95. The third-order valence-corrected chi connectivity index (χ3v) is 5.70. The molecule has 1 amide bonds. The lowest BCUT2D eigenvalue weighted by atomic mass is 10.1. The van der Waals surface area contributed by atoms with E-state index >= 15 is 0 Å². The van der Waals surface area contributed by atoms with Crippen molar-refractivity contribution in [1.29, 1.82) is 0 Å². The molecule has 0 radical (unpaired) electrons. The summed E-state index contributed by atoms with van der Waals surface area (Å²) < 4.78 is 3.15. The van der Waals surface area contributed by atoms with Crippen LogP contribution in [0.1, 0.15) is 11.1 Å². The molecule has 0 spiro atoms. The highest BCUT2D eigenvalue weighted by molar-refractivity contribution is 5.81. The Labute approximate surface area is 196 Å². The molecule has 7 nitrogen and oxygen atoms in total. The van der Waals surface area contributed by atoms with Gasteiger partial charge in [0.05, 0.1) is 28.6 Å². The number of nitrogens with one attached hydrogen (secondary N) is 1. The molecule has 0 unspecified atom stereocenters. The van der Waals surface area contributed by atoms with Crippen LogP contribution < -0.4 is 10.9 Å². The molecule has 0 bridgehead atoms. The predicted octanol–water partition coefficient (Wildman–Crippen LogP) is 3.87. The van der Waals surface area contributed by atoms with Crippen molar-refractivity contribution in [3.05, 3.63) is 113 Å². The van der Waals surface area contributed by atoms with Crippen molar-refractivity contribution >= 4 is 16.8 Å². The molecule has 0 aliphatic heterocycles. The maximum absolute atomic E-state index is 12.8. The Bertz CT molecular complexity index is 1520. The first-order chi connectivity index (χ1) is 16.6. The van der Waals surface area contributed by atoms with Gasteiger partial charge in [-0.2, -0.15) is 5.10 Å². The van der Waals surface area contributed by atoms with Gasteiger partial charge in [-0.3, -0.25) is 14.2 Å². The fraction of sp³-hybridized carbons (Fsp3) is 0.111. The van der Waals surface area contributed by atoms with Gasteiger partial charge in [0.2, 0.25) is 5.91 Å². The normalized spacial score (nSPS) is 11.0. The zero-order chi connectivity index (χ0) is 23.5. The minimum Gasteiger partial charge on any atom is -0.350 e. The minimum atomic E-state index is -0.276. The Morgan fingerprint density at radius 3 is 2.44 bits per heavy atom. The Kier molecular flexibility index (Phi) is 5.74. The van der Waals surface area contributed by atoms with Gasteiger partial charge in [-0.1, -0.05) is 60.7 Å². The molecule has 2 heterocycles. The van der Waals surface area contributed by atoms with Crippen LogP contribution in [0.3, 0.4) is 0 Å². The topological polar surface area (TPSA) is 81.8 Å². The maximum Gasteiger partial charge on any atom is 0.261 e. The lowest BCUT2D eigenvalue weighted by Gasteiger charge is -2.09. The molecule has 1 N–H and O–H groups in total. The molecule has 0 aliphatic rings. The maximum atomic E-state index is 12.8. The van der Waals surface area contributed by atoms with Gasteiger partial charge >= 0.3 is 0 Å². The van der Waals surface area contributed by atoms with Gasteiger partial charge in [0, 0.05) is 23.9 Å². The summed E-state index contributed by atoms with van der Waals surface area (Å²) in [5.41, 5.74) is 4.92. The van der Waals surface area contributed by atoms with E-state index < -0.39 is 0 Å². The van der Waals surface area contributed by atoms with Crippen molar-refractivity contribution < 1.29 is 4.79 Å². The first-order valence-electron chi connectivity index (χ1n) is 11.0. The van der Waals surface area contributed by atoms with Gasteiger partial charge in [0.15, 0.2) is 0 Å². The molecule has 3 aromatic carbocycles. The molecule has 0 aliphatic carbocycles. The van der Waals surface area contributed by atoms with Crippen LogP contribution in [0.2, 0.25) is 0 Å². The van der Waals surface area contributed by atoms with E-state index in [4.69, 9.17) is 5.10 Å². The van der Waals surface area contributed by atoms with E-state index in [1.165, 1.54) is 10.9 Å². The second kappa shape index (κ2) is 9.15. The molecule has 5 rings (SSSR count). The van der Waals surface area contributed by atoms with Crippen LogP contribution in [0.15, 0.2) is 96.2 Å². The van der Waals surface area contributed by atoms with Crippen LogP contribution >= 0.6 is 0 Å². The van der Waals surface area contributed by atoms with Crippen LogP contribution in [-0.4, -0.2) is 25.2 Å². The summed E-state index contributed by atoms with van der Waals surface area (Å²) in [6.45, 7) is 2.08. The first-order valence-corrected chi connectivity index (χ1v) is 11.0. The Hall–Kier alpha value is -4.52. The summed E-state index contributed by atoms with van der Waals surface area (Å²) in [4.78, 5) is 29.9. The number of carbonyl (C=O) groups is 1. The molecule has 7 heteroatoms. The van der Waals surface area contributed by atoms with E-state index in [0.717, 1.165) is 28.1 Å². The van der Waals surface area contributed by atoms with E-state index in [1.807, 2.05) is 90.6 Å². The molecule has 0 saturated heterocycles. The SMILES string of the molecule is Cc1cccc2c(=O)n(CC(=O)NCc3cn(-c4ccccc4)nc3-c3ccccc3)cnc12. The Balaban J connectivity index is 1.38. The first kappa shape index (κ1) is 21.3. The summed E-state index contributed by atoms with van der Waals surface area (Å²) in [7, 11) is 0. The average Bonchev–Trinajstić information content (AvgIpc) is 3.30. The van der Waals surface area contributed by atoms with Gasteiger partial charge in [0.1, 0.15) is 6.54 Å². The second-order valence-corrected chi connectivity index (χ2v) is 8.07. The number of fused-ring (bicyclic) bond motifs is 1. The third-order valence-electron chi connectivity index (χ3n) is 5.70. The number of hydrogen-bond donors (Lipinski definition) is 1. The number of para-hydroxylation sites is 2. The van der Waals surface area contributed by atoms with Gasteiger partial charge in [0.25, 0.3) is 5.56 Å². The van der Waals surface area contributed by atoms with Crippen molar-refractivity contribution in [3.63, 3.8) is 0 Å². The molecule has 0 atom stereocenters. The highest BCUT2D eigenvalue weighted by atomic mass is 16.2. The zero-order valence-electron chi connectivity index (χ0n) is 18.7. The molecule has 34 heavy (non-hydrogen) atoms. The highest BCUT2D eigenvalue weighted by Gasteiger charge is 2.14. The molecule has 5 aromatic rings. The third kappa shape index (κ3) is 4.23. The molecular weight excluding hydrogens is 426 g/mol. The van der Waals surface area contributed by atoms with E-state index in [9.17, 15) is 9.59 Å². The van der Waals surface area contributed by atoms with Crippen molar-refractivity contribution in [2.45, 2.75) is 20.0 Å². The van der Waals surface area contributed by atoms with Crippen molar-refractivity contribution in [1.82, 2.24) is 24.6 Å². The van der Waals surface area contributed by atoms with Crippen molar-refractivity contribution in [3.8, 4) is 16.9 Å². The number of amides is 1. The smallest absolute Gasteiger partial charge is 0.261 e. The van der Waals surface area contributed by atoms with Crippen LogP contribution in [0.25, 0.3) is 27.8 Å². The molecule has 2 aromatic heterocycles. The average molecular weight is 450 g/mol. The number of carbonyl (C=O) groups excluding carboxylic acids is 1. The summed E-state index contributed by atoms with van der Waals surface area (Å²) in [5, 5.41) is 8.20. The minimum absolute atomic E-state index is 0.108. The molecular formula is C27H23N5O2. The quantitative estimate of drug-likeness (QED) is 0.427. The largest absolute Gasteiger partial charge is 0.350 e. The second-order valence-electron chi connectivity index (χ2n) is 8.07. The monoisotopic (exact) mass is 449 g/mol. The summed E-state index contributed by atoms with van der Waals surface area (Å²) >= 11 is 0. The summed E-state index contributed by atoms with van der Waals surface area (Å²) in [6, 6.07) is 25.1. The van der Waals surface area contributed by atoms with Gasteiger partial charge < -0.3 is 5.32 Å². The molecule has 0 saturated carbocycles. The van der Waals surface area contributed by atoms with Crippen molar-refractivity contribution in [2.75, 3.05) is 0 Å². The van der Waals surface area contributed by atoms with E-state index in [1.54, 1.807) is 6.07 Å². The van der Waals surface area contributed by atoms with Gasteiger partial charge in [-0.25, -0.2) is 9.67 Å². The molecule has 0 fully saturated rings. The molecule has 168 valence electrons. The number of benzene rings is 3. The van der Waals surface area contributed by atoms with Crippen LogP contribution in [0.5, 0.6) is 0 Å². The Morgan fingerprint density at radius 1 is 0.941 bits per heavy atom. The lowest BCUT2D eigenvalue weighted by Crippen LogP contribution is -2.32. The standard InChI is InChI=1S/C27H23N5O2/c1-19-9-8-14-23-25(19)29-18-31(27(23)34)17-24(33)28-15-21-16-32(22-12-6-3-7-13-22)30-26(21)20-10-4-2-5-11-20/h2-14,16,18H,15,17H2,1H3,(H,28,33). The van der Waals surface area contributed by atoms with Gasteiger partial charge in [-0.05, 0) is 30.7 Å². The highest BCUT2D eigenvalue weighted by Crippen LogP contribution is 2.23. The number of aromatic nitrogens is 4. The Morgan fingerprint density at radius 2 is 1.68 bits per heavy atom. The lowest BCUT2D eigenvalue weighted by molar-refractivity contribution is -0.121. The van der Waals surface area contributed by atoms with Crippen LogP contribution in [-0.2, 0) is 17.9 Å². The number of aryl methyl sites for hydroxylation is 1. The number of nitrogens with zero attached hydrogens (tertiary/aromatic N) is 4. The van der Waals surface area contributed by atoms with E-state index in [0.29, 0.717) is 10.9 Å². The number of hydrogen-bond acceptors (Lipinski definition) is 4. The van der Waals surface area contributed by atoms with Crippen LogP contribution in [0.4, 0.5) is 0 Å². The fourth-order valence-electron chi connectivity index (χ4n) is 3.95. The van der Waals surface area contributed by atoms with E-state index in [2.05, 4.69) is 10.3 Å². The summed E-state index contributed by atoms with van der Waals surface area (Å²) in [5.74, 6) is -0.276. The van der Waals surface area contributed by atoms with E-state index in [-0.39, 0.29) is 24.6 Å². The number of rotatable bonds is 6. The van der Waals surface area contributed by atoms with Crippen LogP contribution in [0, 0.1) is 6.92 Å².